The molecule has 0 saturated heterocycles. The number of amides is 2. The van der Waals surface area contributed by atoms with Crippen molar-refractivity contribution in [2.24, 2.45) is 0 Å². The standard InChI is InChI=1S/C14H17N3O3/c1-3-8-16-11-9-6-4-5-7-10(9)20-13(18)12(11)17-14(19)15-2/h4-7,16H,3,8H2,1-2H3,(H2,15,17,19). The highest BCUT2D eigenvalue weighted by molar-refractivity contribution is 6.01. The molecule has 0 spiro atoms. The number of urea groups is 1. The molecule has 1 heterocycles. The molecule has 3 N–H and O–H groups in total. The molecule has 0 radical (unpaired) electrons. The van der Waals surface area contributed by atoms with Crippen molar-refractivity contribution < 1.29 is 9.21 Å². The van der Waals surface area contributed by atoms with Crippen LogP contribution in [0, 0.1) is 0 Å². The van der Waals surface area contributed by atoms with Crippen molar-refractivity contribution in [3.05, 3.63) is 34.7 Å². The number of nitrogens with one attached hydrogen (secondary N) is 3. The van der Waals surface area contributed by atoms with E-state index < -0.39 is 11.7 Å². The van der Waals surface area contributed by atoms with Crippen molar-refractivity contribution in [3.63, 3.8) is 0 Å². The number of fused-ring (bicyclic) bond motifs is 1. The van der Waals surface area contributed by atoms with Gasteiger partial charge in [0.15, 0.2) is 5.69 Å². The Balaban J connectivity index is 2.60. The number of hydrogen-bond donors (Lipinski definition) is 3. The lowest BCUT2D eigenvalue weighted by atomic mass is 10.2. The quantitative estimate of drug-likeness (QED) is 0.748. The summed E-state index contributed by atoms with van der Waals surface area (Å²) in [5, 5.41) is 8.85. The Kier molecular flexibility index (Phi) is 4.24. The highest BCUT2D eigenvalue weighted by Crippen LogP contribution is 2.28. The van der Waals surface area contributed by atoms with E-state index in [1.165, 1.54) is 7.05 Å². The molecule has 1 aromatic carbocycles. The van der Waals surface area contributed by atoms with Crippen LogP contribution in [0.1, 0.15) is 13.3 Å². The van der Waals surface area contributed by atoms with Gasteiger partial charge in [-0.15, -0.1) is 0 Å². The molecule has 0 atom stereocenters. The summed E-state index contributed by atoms with van der Waals surface area (Å²) < 4.78 is 5.22. The summed E-state index contributed by atoms with van der Waals surface area (Å²) in [5.74, 6) is 0. The Morgan fingerprint density at radius 3 is 2.70 bits per heavy atom. The Bertz CT molecular complexity index is 679. The van der Waals surface area contributed by atoms with Gasteiger partial charge in [-0.3, -0.25) is 5.32 Å². The second-order valence-corrected chi connectivity index (χ2v) is 4.27. The molecule has 0 aliphatic rings. The van der Waals surface area contributed by atoms with E-state index >= 15 is 0 Å². The number of rotatable bonds is 4. The van der Waals surface area contributed by atoms with Crippen LogP contribution in [0.15, 0.2) is 33.5 Å². The molecule has 2 amide bonds. The molecule has 6 nitrogen and oxygen atoms in total. The zero-order valence-corrected chi connectivity index (χ0v) is 11.4. The van der Waals surface area contributed by atoms with Gasteiger partial charge >= 0.3 is 11.7 Å². The molecule has 0 aliphatic carbocycles. The van der Waals surface area contributed by atoms with Gasteiger partial charge in [-0.1, -0.05) is 19.1 Å². The molecule has 20 heavy (non-hydrogen) atoms. The molecule has 106 valence electrons. The van der Waals surface area contributed by atoms with E-state index in [0.717, 1.165) is 11.8 Å². The van der Waals surface area contributed by atoms with Crippen molar-refractivity contribution >= 4 is 28.4 Å². The number of hydrogen-bond acceptors (Lipinski definition) is 4. The maximum atomic E-state index is 12.0. The van der Waals surface area contributed by atoms with E-state index in [1.54, 1.807) is 12.1 Å². The SMILES string of the molecule is CCCNc1c(NC(=O)NC)c(=O)oc2ccccc12. The van der Waals surface area contributed by atoms with Gasteiger partial charge in [-0.25, -0.2) is 9.59 Å². The van der Waals surface area contributed by atoms with Crippen molar-refractivity contribution in [2.45, 2.75) is 13.3 Å². The van der Waals surface area contributed by atoms with Crippen LogP contribution in [0.4, 0.5) is 16.2 Å². The van der Waals surface area contributed by atoms with E-state index in [0.29, 0.717) is 17.8 Å². The van der Waals surface area contributed by atoms with Crippen molar-refractivity contribution in [1.82, 2.24) is 5.32 Å². The first-order chi connectivity index (χ1) is 9.67. The topological polar surface area (TPSA) is 83.4 Å². The Morgan fingerprint density at radius 1 is 1.25 bits per heavy atom. The average Bonchev–Trinajstić information content (AvgIpc) is 2.46. The maximum Gasteiger partial charge on any atom is 0.362 e. The summed E-state index contributed by atoms with van der Waals surface area (Å²) in [6.07, 6.45) is 0.897. The third kappa shape index (κ3) is 2.74. The Morgan fingerprint density at radius 2 is 2.00 bits per heavy atom. The van der Waals surface area contributed by atoms with Gasteiger partial charge in [-0.05, 0) is 18.6 Å². The first-order valence-corrected chi connectivity index (χ1v) is 6.45. The second-order valence-electron chi connectivity index (χ2n) is 4.27. The number of benzene rings is 1. The van der Waals surface area contributed by atoms with Crippen LogP contribution in [-0.2, 0) is 0 Å². The molecule has 0 unspecified atom stereocenters. The second kappa shape index (κ2) is 6.10. The van der Waals surface area contributed by atoms with Gasteiger partial charge in [0.25, 0.3) is 0 Å². The number of anilines is 2. The van der Waals surface area contributed by atoms with Gasteiger partial charge < -0.3 is 15.1 Å². The molecular formula is C14H17N3O3. The maximum absolute atomic E-state index is 12.0. The van der Waals surface area contributed by atoms with Crippen LogP contribution in [0.5, 0.6) is 0 Å². The molecule has 0 fully saturated rings. The normalized spacial score (nSPS) is 10.3. The van der Waals surface area contributed by atoms with Crippen LogP contribution in [-0.4, -0.2) is 19.6 Å². The van der Waals surface area contributed by atoms with Crippen LogP contribution in [0.3, 0.4) is 0 Å². The van der Waals surface area contributed by atoms with E-state index in [-0.39, 0.29) is 5.69 Å². The fourth-order valence-electron chi connectivity index (χ4n) is 1.87. The highest BCUT2D eigenvalue weighted by atomic mass is 16.4. The van der Waals surface area contributed by atoms with E-state index in [9.17, 15) is 9.59 Å². The van der Waals surface area contributed by atoms with Crippen LogP contribution in [0.25, 0.3) is 11.0 Å². The monoisotopic (exact) mass is 275 g/mol. The summed E-state index contributed by atoms with van der Waals surface area (Å²) >= 11 is 0. The lowest BCUT2D eigenvalue weighted by Gasteiger charge is -2.13. The minimum atomic E-state index is -0.578. The van der Waals surface area contributed by atoms with Crippen molar-refractivity contribution in [1.29, 1.82) is 0 Å². The molecule has 0 bridgehead atoms. The highest BCUT2D eigenvalue weighted by Gasteiger charge is 2.15. The zero-order valence-electron chi connectivity index (χ0n) is 11.4. The third-order valence-electron chi connectivity index (χ3n) is 2.83. The minimum Gasteiger partial charge on any atom is -0.421 e. The largest absolute Gasteiger partial charge is 0.421 e. The first kappa shape index (κ1) is 13.9. The Hall–Kier alpha value is -2.50. The van der Waals surface area contributed by atoms with Crippen LogP contribution < -0.4 is 21.6 Å². The minimum absolute atomic E-state index is 0.122. The number of para-hydroxylation sites is 1. The molecule has 1 aromatic heterocycles. The Labute approximate surface area is 116 Å². The van der Waals surface area contributed by atoms with Crippen molar-refractivity contribution in [2.75, 3.05) is 24.2 Å². The number of carbonyl (C=O) groups excluding carboxylic acids is 1. The van der Waals surface area contributed by atoms with Gasteiger partial charge in [0.05, 0.1) is 5.69 Å². The molecular weight excluding hydrogens is 258 g/mol. The predicted molar refractivity (Wildman–Crippen MR) is 79.3 cm³/mol. The fraction of sp³-hybridized carbons (Fsp3) is 0.286. The third-order valence-corrected chi connectivity index (χ3v) is 2.83. The lowest BCUT2D eigenvalue weighted by Crippen LogP contribution is -2.28. The molecule has 2 aromatic rings. The van der Waals surface area contributed by atoms with Gasteiger partial charge in [0.2, 0.25) is 0 Å². The van der Waals surface area contributed by atoms with Gasteiger partial charge in [0, 0.05) is 19.0 Å². The van der Waals surface area contributed by atoms with E-state index in [2.05, 4.69) is 16.0 Å². The van der Waals surface area contributed by atoms with Gasteiger partial charge in [0.1, 0.15) is 5.58 Å². The van der Waals surface area contributed by atoms with Gasteiger partial charge in [-0.2, -0.15) is 0 Å². The molecule has 0 saturated carbocycles. The lowest BCUT2D eigenvalue weighted by molar-refractivity contribution is 0.254. The molecule has 2 rings (SSSR count). The van der Waals surface area contributed by atoms with E-state index in [4.69, 9.17) is 4.42 Å². The van der Waals surface area contributed by atoms with E-state index in [1.807, 2.05) is 19.1 Å². The smallest absolute Gasteiger partial charge is 0.362 e. The average molecular weight is 275 g/mol. The fourth-order valence-corrected chi connectivity index (χ4v) is 1.87. The number of carbonyl (C=O) groups is 1. The summed E-state index contributed by atoms with van der Waals surface area (Å²) in [5.41, 5.74) is 0.614. The van der Waals surface area contributed by atoms with Crippen molar-refractivity contribution in [3.8, 4) is 0 Å². The molecule has 0 aliphatic heterocycles. The first-order valence-electron chi connectivity index (χ1n) is 6.45. The summed E-state index contributed by atoms with van der Waals surface area (Å²) in [6.45, 7) is 2.71. The molecule has 6 heteroatoms. The van der Waals surface area contributed by atoms with Crippen LogP contribution in [0.2, 0.25) is 0 Å². The summed E-state index contributed by atoms with van der Waals surface area (Å²) in [6, 6.07) is 6.74. The summed E-state index contributed by atoms with van der Waals surface area (Å²) in [4.78, 5) is 23.5. The predicted octanol–water partition coefficient (Wildman–Crippen LogP) is 2.37. The zero-order chi connectivity index (χ0) is 14.5. The summed E-state index contributed by atoms with van der Waals surface area (Å²) in [7, 11) is 1.48. The van der Waals surface area contributed by atoms with Crippen LogP contribution >= 0.6 is 0 Å².